The minimum atomic E-state index is -0.170. The van der Waals surface area contributed by atoms with Crippen molar-refractivity contribution in [2.45, 2.75) is 45.7 Å². The molecule has 0 amide bonds. The van der Waals surface area contributed by atoms with Crippen LogP contribution in [0.3, 0.4) is 0 Å². The van der Waals surface area contributed by atoms with Crippen LogP contribution in [0.25, 0.3) is 0 Å². The summed E-state index contributed by atoms with van der Waals surface area (Å²) in [7, 11) is 0. The Morgan fingerprint density at radius 3 is 2.88 bits per heavy atom. The van der Waals surface area contributed by atoms with Crippen LogP contribution in [0.1, 0.15) is 38.7 Å². The lowest BCUT2D eigenvalue weighted by Gasteiger charge is -2.18. The molecular formula is C14H19BrFN. The summed E-state index contributed by atoms with van der Waals surface area (Å²) < 4.78 is 14.1. The topological polar surface area (TPSA) is 12.0 Å². The fourth-order valence-electron chi connectivity index (χ4n) is 2.54. The monoisotopic (exact) mass is 299 g/mol. The molecule has 1 aliphatic carbocycles. The van der Waals surface area contributed by atoms with Gasteiger partial charge in [0, 0.05) is 17.1 Å². The molecule has 3 heteroatoms. The summed E-state index contributed by atoms with van der Waals surface area (Å²) in [5.74, 6) is -0.170. The van der Waals surface area contributed by atoms with E-state index in [2.05, 4.69) is 35.1 Å². The summed E-state index contributed by atoms with van der Waals surface area (Å²) in [6.45, 7) is 5.36. The van der Waals surface area contributed by atoms with Crippen LogP contribution >= 0.6 is 15.9 Å². The van der Waals surface area contributed by atoms with E-state index in [0.717, 1.165) is 16.6 Å². The van der Waals surface area contributed by atoms with E-state index in [9.17, 15) is 4.39 Å². The van der Waals surface area contributed by atoms with Crippen LogP contribution in [0.15, 0.2) is 22.7 Å². The lowest BCUT2D eigenvalue weighted by molar-refractivity contribution is 0.364. The van der Waals surface area contributed by atoms with E-state index in [4.69, 9.17) is 0 Å². The molecule has 1 saturated carbocycles. The van der Waals surface area contributed by atoms with Crippen LogP contribution in [0.4, 0.5) is 4.39 Å². The first kappa shape index (κ1) is 13.0. The molecule has 0 heterocycles. The van der Waals surface area contributed by atoms with Gasteiger partial charge in [-0.05, 0) is 48.4 Å². The van der Waals surface area contributed by atoms with E-state index in [-0.39, 0.29) is 5.82 Å². The normalized spacial score (nSPS) is 22.9. The molecule has 1 aliphatic rings. The van der Waals surface area contributed by atoms with Crippen LogP contribution in [-0.4, -0.2) is 6.04 Å². The zero-order valence-corrected chi connectivity index (χ0v) is 12.0. The van der Waals surface area contributed by atoms with E-state index >= 15 is 0 Å². The summed E-state index contributed by atoms with van der Waals surface area (Å²) >= 11 is 3.46. The molecule has 0 aliphatic heterocycles. The van der Waals surface area contributed by atoms with Gasteiger partial charge in [0.1, 0.15) is 5.82 Å². The Balaban J connectivity index is 1.92. The van der Waals surface area contributed by atoms with Gasteiger partial charge in [0.15, 0.2) is 0 Å². The lowest BCUT2D eigenvalue weighted by Crippen LogP contribution is -2.27. The van der Waals surface area contributed by atoms with E-state index in [0.29, 0.717) is 11.5 Å². The minimum absolute atomic E-state index is 0.170. The van der Waals surface area contributed by atoms with Gasteiger partial charge < -0.3 is 5.32 Å². The first-order valence-electron chi connectivity index (χ1n) is 6.14. The third kappa shape index (κ3) is 3.52. The molecule has 1 nitrogen and oxygen atoms in total. The maximum atomic E-state index is 13.1. The second-order valence-electron chi connectivity index (χ2n) is 5.72. The molecule has 0 radical (unpaired) electrons. The largest absolute Gasteiger partial charge is 0.310 e. The van der Waals surface area contributed by atoms with Crippen molar-refractivity contribution in [3.8, 4) is 0 Å². The molecule has 94 valence electrons. The van der Waals surface area contributed by atoms with Gasteiger partial charge in [-0.15, -0.1) is 0 Å². The van der Waals surface area contributed by atoms with Gasteiger partial charge in [-0.3, -0.25) is 0 Å². The zero-order chi connectivity index (χ0) is 12.5. The number of halogens is 2. The summed E-state index contributed by atoms with van der Waals surface area (Å²) in [6.07, 6.45) is 3.70. The number of hydrogen-bond donors (Lipinski definition) is 1. The zero-order valence-electron chi connectivity index (χ0n) is 10.4. The van der Waals surface area contributed by atoms with Crippen molar-refractivity contribution >= 4 is 15.9 Å². The Bertz CT molecular complexity index is 403. The lowest BCUT2D eigenvalue weighted by atomic mass is 9.92. The van der Waals surface area contributed by atoms with Crippen LogP contribution < -0.4 is 5.32 Å². The van der Waals surface area contributed by atoms with Crippen molar-refractivity contribution in [2.75, 3.05) is 0 Å². The second kappa shape index (κ2) is 5.07. The van der Waals surface area contributed by atoms with Gasteiger partial charge in [-0.2, -0.15) is 0 Å². The molecule has 1 atom stereocenters. The van der Waals surface area contributed by atoms with Gasteiger partial charge in [0.05, 0.1) is 0 Å². The first-order valence-corrected chi connectivity index (χ1v) is 6.93. The molecule has 1 fully saturated rings. The van der Waals surface area contributed by atoms with Crippen LogP contribution in [0.5, 0.6) is 0 Å². The number of hydrogen-bond acceptors (Lipinski definition) is 1. The predicted molar refractivity (Wildman–Crippen MR) is 72.4 cm³/mol. The molecular weight excluding hydrogens is 281 g/mol. The number of nitrogens with one attached hydrogen (secondary N) is 1. The van der Waals surface area contributed by atoms with Crippen molar-refractivity contribution in [2.24, 2.45) is 5.41 Å². The standard InChI is InChI=1S/C14H19BrFN/c1-14(2)6-5-12(8-14)17-9-10-7-11(16)3-4-13(10)15/h3-4,7,12,17H,5-6,8-9H2,1-2H3. The molecule has 17 heavy (non-hydrogen) atoms. The first-order chi connectivity index (χ1) is 7.96. The molecule has 1 N–H and O–H groups in total. The molecule has 0 aromatic heterocycles. The van der Waals surface area contributed by atoms with Gasteiger partial charge in [0.25, 0.3) is 0 Å². The molecule has 1 aromatic carbocycles. The fraction of sp³-hybridized carbons (Fsp3) is 0.571. The molecule has 0 bridgehead atoms. The highest BCUT2D eigenvalue weighted by Crippen LogP contribution is 2.37. The third-order valence-corrected chi connectivity index (χ3v) is 4.33. The average molecular weight is 300 g/mol. The van der Waals surface area contributed by atoms with Crippen molar-refractivity contribution in [3.63, 3.8) is 0 Å². The van der Waals surface area contributed by atoms with Gasteiger partial charge in [-0.1, -0.05) is 29.8 Å². The highest BCUT2D eigenvalue weighted by atomic mass is 79.9. The number of benzene rings is 1. The Morgan fingerprint density at radius 1 is 1.47 bits per heavy atom. The molecule has 0 saturated heterocycles. The van der Waals surface area contributed by atoms with Crippen molar-refractivity contribution in [3.05, 3.63) is 34.1 Å². The maximum Gasteiger partial charge on any atom is 0.123 e. The molecule has 1 unspecified atom stereocenters. The number of rotatable bonds is 3. The van der Waals surface area contributed by atoms with Crippen LogP contribution in [-0.2, 0) is 6.54 Å². The van der Waals surface area contributed by atoms with E-state index < -0.39 is 0 Å². The molecule has 0 spiro atoms. The maximum absolute atomic E-state index is 13.1. The van der Waals surface area contributed by atoms with Crippen molar-refractivity contribution in [1.29, 1.82) is 0 Å². The van der Waals surface area contributed by atoms with E-state index in [1.165, 1.54) is 25.3 Å². The van der Waals surface area contributed by atoms with E-state index in [1.54, 1.807) is 12.1 Å². The highest BCUT2D eigenvalue weighted by molar-refractivity contribution is 9.10. The summed E-state index contributed by atoms with van der Waals surface area (Å²) in [6, 6.07) is 5.41. The third-order valence-electron chi connectivity index (χ3n) is 3.56. The predicted octanol–water partition coefficient (Wildman–Crippen LogP) is 4.26. The quantitative estimate of drug-likeness (QED) is 0.879. The Labute approximate surface area is 111 Å². The Kier molecular flexibility index (Phi) is 3.88. The fourth-order valence-corrected chi connectivity index (χ4v) is 2.93. The molecule has 2 rings (SSSR count). The molecule has 1 aromatic rings. The average Bonchev–Trinajstić information content (AvgIpc) is 2.60. The minimum Gasteiger partial charge on any atom is -0.310 e. The smallest absolute Gasteiger partial charge is 0.123 e. The summed E-state index contributed by atoms with van der Waals surface area (Å²) in [4.78, 5) is 0. The summed E-state index contributed by atoms with van der Waals surface area (Å²) in [5, 5.41) is 3.52. The van der Waals surface area contributed by atoms with Crippen molar-refractivity contribution < 1.29 is 4.39 Å². The Hall–Kier alpha value is -0.410. The SMILES string of the molecule is CC1(C)CCC(NCc2cc(F)ccc2Br)C1. The van der Waals surface area contributed by atoms with Gasteiger partial charge >= 0.3 is 0 Å². The highest BCUT2D eigenvalue weighted by Gasteiger charge is 2.30. The van der Waals surface area contributed by atoms with E-state index in [1.807, 2.05) is 0 Å². The van der Waals surface area contributed by atoms with Crippen LogP contribution in [0.2, 0.25) is 0 Å². The second-order valence-corrected chi connectivity index (χ2v) is 6.57. The summed E-state index contributed by atoms with van der Waals surface area (Å²) in [5.41, 5.74) is 1.45. The van der Waals surface area contributed by atoms with Gasteiger partial charge in [-0.25, -0.2) is 4.39 Å². The van der Waals surface area contributed by atoms with Gasteiger partial charge in [0.2, 0.25) is 0 Å². The van der Waals surface area contributed by atoms with Crippen molar-refractivity contribution in [1.82, 2.24) is 5.32 Å². The Morgan fingerprint density at radius 2 is 2.24 bits per heavy atom. The van der Waals surface area contributed by atoms with Crippen LogP contribution in [0, 0.1) is 11.2 Å².